The van der Waals surface area contributed by atoms with Crippen molar-refractivity contribution < 1.29 is 19.0 Å². The Morgan fingerprint density at radius 1 is 1.56 bits per heavy atom. The van der Waals surface area contributed by atoms with Crippen LogP contribution in [-0.4, -0.2) is 44.5 Å². The number of nitrogens with two attached hydrogens (primary N) is 1. The Bertz CT molecular complexity index is 246. The maximum Gasteiger partial charge on any atom is 0.325 e. The van der Waals surface area contributed by atoms with Crippen LogP contribution in [0.15, 0.2) is 0 Å². The molecule has 0 amide bonds. The first-order valence-electron chi connectivity index (χ1n) is 5.53. The smallest absolute Gasteiger partial charge is 0.325 e. The average Bonchev–Trinajstić information content (AvgIpc) is 2.60. The summed E-state index contributed by atoms with van der Waals surface area (Å²) in [5.41, 5.74) is 5.10. The van der Waals surface area contributed by atoms with E-state index in [9.17, 15) is 4.79 Å². The minimum Gasteiger partial charge on any atom is -0.468 e. The Morgan fingerprint density at radius 3 is 2.81 bits per heavy atom. The normalized spacial score (nSPS) is 31.4. The van der Waals surface area contributed by atoms with Crippen LogP contribution in [0.5, 0.6) is 0 Å². The summed E-state index contributed by atoms with van der Waals surface area (Å²) in [5, 5.41) is 0. The van der Waals surface area contributed by atoms with Gasteiger partial charge in [-0.05, 0) is 19.8 Å². The van der Waals surface area contributed by atoms with Gasteiger partial charge in [0.25, 0.3) is 0 Å². The fourth-order valence-corrected chi connectivity index (χ4v) is 2.14. The van der Waals surface area contributed by atoms with Crippen LogP contribution in [0, 0.1) is 0 Å². The molecule has 3 unspecified atom stereocenters. The van der Waals surface area contributed by atoms with Crippen molar-refractivity contribution in [2.45, 2.75) is 43.9 Å². The molecule has 0 aliphatic heterocycles. The zero-order valence-electron chi connectivity index (χ0n) is 10.2. The fraction of sp³-hybridized carbons (Fsp3) is 0.909. The minimum atomic E-state index is -0.869. The van der Waals surface area contributed by atoms with Crippen LogP contribution in [0.25, 0.3) is 0 Å². The molecular formula is C11H21NO4. The third kappa shape index (κ3) is 3.17. The zero-order valence-corrected chi connectivity index (χ0v) is 10.2. The maximum absolute atomic E-state index is 11.5. The highest BCUT2D eigenvalue weighted by Gasteiger charge is 2.43. The molecule has 2 N–H and O–H groups in total. The van der Waals surface area contributed by atoms with E-state index in [0.717, 1.165) is 6.42 Å². The standard InChI is InChI=1S/C11H21NO4/c1-8(7-14-2)16-9-4-5-11(12,6-9)10(13)15-3/h8-9H,4-7,12H2,1-3H3. The van der Waals surface area contributed by atoms with Gasteiger partial charge in [0.15, 0.2) is 0 Å². The second kappa shape index (κ2) is 5.61. The Labute approximate surface area is 96.2 Å². The van der Waals surface area contributed by atoms with Gasteiger partial charge in [-0.15, -0.1) is 0 Å². The van der Waals surface area contributed by atoms with Crippen molar-refractivity contribution in [3.8, 4) is 0 Å². The zero-order chi connectivity index (χ0) is 12.2. The van der Waals surface area contributed by atoms with Crippen LogP contribution in [-0.2, 0) is 19.0 Å². The monoisotopic (exact) mass is 231 g/mol. The summed E-state index contributed by atoms with van der Waals surface area (Å²) in [7, 11) is 2.99. The van der Waals surface area contributed by atoms with E-state index in [4.69, 9.17) is 19.9 Å². The second-order valence-electron chi connectivity index (χ2n) is 4.41. The molecule has 0 spiro atoms. The molecule has 0 saturated heterocycles. The molecule has 0 aromatic carbocycles. The topological polar surface area (TPSA) is 70.8 Å². The molecule has 16 heavy (non-hydrogen) atoms. The summed E-state index contributed by atoms with van der Waals surface area (Å²) < 4.78 is 15.4. The summed E-state index contributed by atoms with van der Waals surface area (Å²) in [6.45, 7) is 2.49. The van der Waals surface area contributed by atoms with Gasteiger partial charge in [0.05, 0.1) is 25.9 Å². The van der Waals surface area contributed by atoms with E-state index in [1.807, 2.05) is 6.92 Å². The molecule has 0 radical (unpaired) electrons. The fourth-order valence-electron chi connectivity index (χ4n) is 2.14. The van der Waals surface area contributed by atoms with Crippen LogP contribution in [0.2, 0.25) is 0 Å². The molecule has 0 heterocycles. The molecule has 0 bridgehead atoms. The number of carbonyl (C=O) groups is 1. The van der Waals surface area contributed by atoms with Crippen LogP contribution in [0.1, 0.15) is 26.2 Å². The van der Waals surface area contributed by atoms with E-state index in [-0.39, 0.29) is 18.2 Å². The van der Waals surface area contributed by atoms with E-state index in [2.05, 4.69) is 0 Å². The third-order valence-electron chi connectivity index (χ3n) is 2.92. The quantitative estimate of drug-likeness (QED) is 0.696. The van der Waals surface area contributed by atoms with Gasteiger partial charge in [0, 0.05) is 13.5 Å². The molecule has 1 saturated carbocycles. The first-order chi connectivity index (χ1) is 7.51. The van der Waals surface area contributed by atoms with E-state index >= 15 is 0 Å². The molecule has 1 aliphatic rings. The highest BCUT2D eigenvalue weighted by Crippen LogP contribution is 2.31. The number of hydrogen-bond acceptors (Lipinski definition) is 5. The van der Waals surface area contributed by atoms with Gasteiger partial charge in [0.1, 0.15) is 5.54 Å². The predicted octanol–water partition coefficient (Wildman–Crippen LogP) is 0.461. The number of ether oxygens (including phenoxy) is 3. The lowest BCUT2D eigenvalue weighted by atomic mass is 10.00. The molecule has 1 aliphatic carbocycles. The summed E-state index contributed by atoms with van der Waals surface area (Å²) in [5.74, 6) is -0.349. The second-order valence-corrected chi connectivity index (χ2v) is 4.41. The van der Waals surface area contributed by atoms with E-state index < -0.39 is 5.54 Å². The molecule has 1 rings (SSSR count). The highest BCUT2D eigenvalue weighted by molar-refractivity contribution is 5.80. The summed E-state index contributed by atoms with van der Waals surface area (Å²) in [6, 6.07) is 0. The SMILES string of the molecule is COCC(C)OC1CCC(N)(C(=O)OC)C1. The van der Waals surface area contributed by atoms with E-state index in [1.54, 1.807) is 7.11 Å². The summed E-state index contributed by atoms with van der Waals surface area (Å²) >= 11 is 0. The molecule has 5 nitrogen and oxygen atoms in total. The van der Waals surface area contributed by atoms with Gasteiger partial charge in [-0.3, -0.25) is 4.79 Å². The van der Waals surface area contributed by atoms with Crippen molar-refractivity contribution in [2.24, 2.45) is 5.73 Å². The van der Waals surface area contributed by atoms with Crippen molar-refractivity contribution in [3.05, 3.63) is 0 Å². The lowest BCUT2D eigenvalue weighted by Crippen LogP contribution is -2.47. The first-order valence-corrected chi connectivity index (χ1v) is 5.53. The Hall–Kier alpha value is -0.650. The third-order valence-corrected chi connectivity index (χ3v) is 2.92. The largest absolute Gasteiger partial charge is 0.468 e. The van der Waals surface area contributed by atoms with E-state index in [1.165, 1.54) is 7.11 Å². The van der Waals surface area contributed by atoms with Crippen LogP contribution in [0.3, 0.4) is 0 Å². The van der Waals surface area contributed by atoms with Gasteiger partial charge < -0.3 is 19.9 Å². The lowest BCUT2D eigenvalue weighted by molar-refractivity contribution is -0.147. The van der Waals surface area contributed by atoms with Gasteiger partial charge >= 0.3 is 5.97 Å². The molecule has 0 aromatic rings. The molecule has 1 fully saturated rings. The van der Waals surface area contributed by atoms with E-state index in [0.29, 0.717) is 19.4 Å². The molecule has 94 valence electrons. The Balaban J connectivity index is 2.43. The number of hydrogen-bond donors (Lipinski definition) is 1. The number of rotatable bonds is 5. The average molecular weight is 231 g/mol. The van der Waals surface area contributed by atoms with Crippen molar-refractivity contribution in [3.63, 3.8) is 0 Å². The highest BCUT2D eigenvalue weighted by atomic mass is 16.5. The van der Waals surface area contributed by atoms with Crippen LogP contribution in [0.4, 0.5) is 0 Å². The van der Waals surface area contributed by atoms with Crippen molar-refractivity contribution in [1.82, 2.24) is 0 Å². The summed E-state index contributed by atoms with van der Waals surface area (Å²) in [6.07, 6.45) is 1.97. The number of esters is 1. The van der Waals surface area contributed by atoms with Crippen LogP contribution >= 0.6 is 0 Å². The van der Waals surface area contributed by atoms with Crippen molar-refractivity contribution in [1.29, 1.82) is 0 Å². The predicted molar refractivity (Wildman–Crippen MR) is 59.0 cm³/mol. The molecule has 5 heteroatoms. The van der Waals surface area contributed by atoms with Crippen LogP contribution < -0.4 is 5.73 Å². The molecular weight excluding hydrogens is 210 g/mol. The Kier molecular flexibility index (Phi) is 4.70. The maximum atomic E-state index is 11.5. The minimum absolute atomic E-state index is 0.0225. The number of carbonyl (C=O) groups excluding carboxylic acids is 1. The van der Waals surface area contributed by atoms with Gasteiger partial charge in [-0.2, -0.15) is 0 Å². The van der Waals surface area contributed by atoms with Gasteiger partial charge in [-0.25, -0.2) is 0 Å². The number of methoxy groups -OCH3 is 2. The molecule has 3 atom stereocenters. The van der Waals surface area contributed by atoms with Gasteiger partial charge in [-0.1, -0.05) is 0 Å². The lowest BCUT2D eigenvalue weighted by Gasteiger charge is -2.22. The van der Waals surface area contributed by atoms with Gasteiger partial charge in [0.2, 0.25) is 0 Å². The van der Waals surface area contributed by atoms with Crippen molar-refractivity contribution in [2.75, 3.05) is 20.8 Å². The Morgan fingerprint density at radius 2 is 2.25 bits per heavy atom. The summed E-state index contributed by atoms with van der Waals surface area (Å²) in [4.78, 5) is 11.5. The first kappa shape index (κ1) is 13.4. The van der Waals surface area contributed by atoms with Crippen molar-refractivity contribution >= 4 is 5.97 Å². The molecule has 0 aromatic heterocycles.